The summed E-state index contributed by atoms with van der Waals surface area (Å²) in [5, 5.41) is 11.8. The lowest BCUT2D eigenvalue weighted by atomic mass is 10.4. The van der Waals surface area contributed by atoms with Gasteiger partial charge >= 0.3 is 0 Å². The van der Waals surface area contributed by atoms with Crippen LogP contribution in [0.1, 0.15) is 0 Å². The van der Waals surface area contributed by atoms with E-state index in [2.05, 4.69) is 5.32 Å². The van der Waals surface area contributed by atoms with Gasteiger partial charge < -0.3 is 14.6 Å². The lowest BCUT2D eigenvalue weighted by Crippen LogP contribution is -2.48. The molecule has 9 heavy (non-hydrogen) atoms. The number of hydrogen-bond donors (Lipinski definition) is 2. The molecule has 0 bridgehead atoms. The number of hydrogen-bond acceptors (Lipinski definition) is 4. The number of aliphatic hydroxyl groups excluding tert-OH is 1. The van der Waals surface area contributed by atoms with Crippen molar-refractivity contribution < 1.29 is 14.6 Å². The van der Waals surface area contributed by atoms with Crippen LogP contribution in [-0.4, -0.2) is 37.9 Å². The van der Waals surface area contributed by atoms with Crippen LogP contribution in [0, 0.1) is 0 Å². The molecule has 0 aromatic heterocycles. The molecule has 2 atom stereocenters. The quantitative estimate of drug-likeness (QED) is 0.476. The van der Waals surface area contributed by atoms with E-state index in [9.17, 15) is 0 Å². The van der Waals surface area contributed by atoms with Gasteiger partial charge in [-0.25, -0.2) is 0 Å². The first-order valence-electron chi connectivity index (χ1n) is 2.90. The standard InChI is InChI=1S/C5H11NO3/c1-8-5-4(7)6-2-3-9-5/h4-7H,2-3H2,1H3/t4-,5?/m1/s1. The van der Waals surface area contributed by atoms with Crippen molar-refractivity contribution in [1.82, 2.24) is 5.32 Å². The van der Waals surface area contributed by atoms with Gasteiger partial charge in [0.05, 0.1) is 6.61 Å². The molecule has 4 nitrogen and oxygen atoms in total. The molecule has 1 heterocycles. The van der Waals surface area contributed by atoms with E-state index in [1.54, 1.807) is 0 Å². The predicted molar refractivity (Wildman–Crippen MR) is 30.8 cm³/mol. The molecular formula is C5H11NO3. The van der Waals surface area contributed by atoms with E-state index in [1.807, 2.05) is 0 Å². The number of methoxy groups -OCH3 is 1. The maximum absolute atomic E-state index is 9.01. The smallest absolute Gasteiger partial charge is 0.197 e. The first-order chi connectivity index (χ1) is 4.34. The Bertz CT molecular complexity index is 88.3. The van der Waals surface area contributed by atoms with E-state index < -0.39 is 12.5 Å². The Kier molecular flexibility index (Phi) is 2.41. The second-order valence-electron chi connectivity index (χ2n) is 1.87. The summed E-state index contributed by atoms with van der Waals surface area (Å²) in [6.07, 6.45) is -1.18. The van der Waals surface area contributed by atoms with E-state index >= 15 is 0 Å². The van der Waals surface area contributed by atoms with Gasteiger partial charge in [-0.05, 0) is 0 Å². The summed E-state index contributed by atoms with van der Waals surface area (Å²) in [5.74, 6) is 0. The Hall–Kier alpha value is -0.160. The zero-order valence-corrected chi connectivity index (χ0v) is 5.33. The van der Waals surface area contributed by atoms with Crippen LogP contribution in [0.5, 0.6) is 0 Å². The molecule has 1 aliphatic rings. The van der Waals surface area contributed by atoms with Crippen molar-refractivity contribution in [2.24, 2.45) is 0 Å². The van der Waals surface area contributed by atoms with Crippen LogP contribution in [0.3, 0.4) is 0 Å². The van der Waals surface area contributed by atoms with Crippen molar-refractivity contribution in [1.29, 1.82) is 0 Å². The highest BCUT2D eigenvalue weighted by molar-refractivity contribution is 4.62. The normalized spacial score (nSPS) is 36.7. The summed E-state index contributed by atoms with van der Waals surface area (Å²) in [6.45, 7) is 1.27. The average Bonchev–Trinajstić information content (AvgIpc) is 1.89. The fourth-order valence-corrected chi connectivity index (χ4v) is 0.766. The van der Waals surface area contributed by atoms with E-state index in [0.29, 0.717) is 13.2 Å². The van der Waals surface area contributed by atoms with E-state index in [0.717, 1.165) is 0 Å². The second kappa shape index (κ2) is 3.12. The molecule has 4 heteroatoms. The van der Waals surface area contributed by atoms with Gasteiger partial charge in [0, 0.05) is 13.7 Å². The predicted octanol–water partition coefficient (Wildman–Crippen LogP) is -1.10. The lowest BCUT2D eigenvalue weighted by molar-refractivity contribution is -0.207. The summed E-state index contributed by atoms with van der Waals surface area (Å²) in [4.78, 5) is 0. The number of aliphatic hydroxyl groups is 1. The molecule has 0 aromatic rings. The summed E-state index contributed by atoms with van der Waals surface area (Å²) < 4.78 is 9.77. The van der Waals surface area contributed by atoms with Crippen molar-refractivity contribution in [3.05, 3.63) is 0 Å². The van der Waals surface area contributed by atoms with Crippen molar-refractivity contribution >= 4 is 0 Å². The summed E-state index contributed by atoms with van der Waals surface area (Å²) >= 11 is 0. The molecule has 0 aliphatic carbocycles. The van der Waals surface area contributed by atoms with Crippen molar-refractivity contribution in [2.45, 2.75) is 12.5 Å². The minimum atomic E-state index is -0.677. The Morgan fingerprint density at radius 1 is 1.78 bits per heavy atom. The molecule has 0 amide bonds. The number of morpholine rings is 1. The Morgan fingerprint density at radius 2 is 2.56 bits per heavy atom. The maximum Gasteiger partial charge on any atom is 0.197 e. The monoisotopic (exact) mass is 133 g/mol. The zero-order valence-electron chi connectivity index (χ0n) is 5.33. The van der Waals surface area contributed by atoms with Crippen molar-refractivity contribution in [3.8, 4) is 0 Å². The van der Waals surface area contributed by atoms with Crippen LogP contribution in [0.2, 0.25) is 0 Å². The average molecular weight is 133 g/mol. The van der Waals surface area contributed by atoms with Crippen LogP contribution in [0.15, 0.2) is 0 Å². The van der Waals surface area contributed by atoms with Crippen LogP contribution >= 0.6 is 0 Å². The molecule has 1 aliphatic heterocycles. The van der Waals surface area contributed by atoms with E-state index in [4.69, 9.17) is 14.6 Å². The molecule has 1 rings (SSSR count). The highest BCUT2D eigenvalue weighted by atomic mass is 16.7. The highest BCUT2D eigenvalue weighted by Gasteiger charge is 2.21. The maximum atomic E-state index is 9.01. The van der Waals surface area contributed by atoms with Crippen LogP contribution in [0.25, 0.3) is 0 Å². The molecule has 0 aromatic carbocycles. The molecule has 0 spiro atoms. The first kappa shape index (κ1) is 6.95. The molecule has 1 saturated heterocycles. The van der Waals surface area contributed by atoms with Gasteiger partial charge in [0.25, 0.3) is 0 Å². The third kappa shape index (κ3) is 1.62. The first-order valence-corrected chi connectivity index (χ1v) is 2.90. The number of ether oxygens (including phenoxy) is 2. The topological polar surface area (TPSA) is 50.7 Å². The van der Waals surface area contributed by atoms with Crippen molar-refractivity contribution in [3.63, 3.8) is 0 Å². The van der Waals surface area contributed by atoms with Gasteiger partial charge in [0.2, 0.25) is 0 Å². The van der Waals surface area contributed by atoms with Crippen LogP contribution < -0.4 is 5.32 Å². The van der Waals surface area contributed by atoms with Gasteiger partial charge in [-0.2, -0.15) is 0 Å². The highest BCUT2D eigenvalue weighted by Crippen LogP contribution is 2.01. The third-order valence-corrected chi connectivity index (χ3v) is 1.23. The Morgan fingerprint density at radius 3 is 3.00 bits per heavy atom. The molecule has 0 saturated carbocycles. The lowest BCUT2D eigenvalue weighted by Gasteiger charge is -2.27. The molecular weight excluding hydrogens is 122 g/mol. The summed E-state index contributed by atoms with van der Waals surface area (Å²) in [6, 6.07) is 0. The molecule has 54 valence electrons. The van der Waals surface area contributed by atoms with Gasteiger partial charge in [0.15, 0.2) is 12.5 Å². The van der Waals surface area contributed by atoms with Crippen molar-refractivity contribution in [2.75, 3.05) is 20.3 Å². The van der Waals surface area contributed by atoms with Gasteiger partial charge in [-0.3, -0.25) is 5.32 Å². The molecule has 1 unspecified atom stereocenters. The van der Waals surface area contributed by atoms with E-state index in [-0.39, 0.29) is 0 Å². The fourth-order valence-electron chi connectivity index (χ4n) is 0.766. The number of nitrogens with one attached hydrogen (secondary N) is 1. The second-order valence-corrected chi connectivity index (χ2v) is 1.87. The van der Waals surface area contributed by atoms with Crippen LogP contribution in [-0.2, 0) is 9.47 Å². The SMILES string of the molecule is COC1OCCN[C@@H]1O. The Balaban J connectivity index is 2.30. The van der Waals surface area contributed by atoms with Crippen LogP contribution in [0.4, 0.5) is 0 Å². The third-order valence-electron chi connectivity index (χ3n) is 1.23. The zero-order chi connectivity index (χ0) is 6.69. The molecule has 2 N–H and O–H groups in total. The Labute approximate surface area is 53.8 Å². The largest absolute Gasteiger partial charge is 0.373 e. The molecule has 0 radical (unpaired) electrons. The number of rotatable bonds is 1. The molecule has 1 fully saturated rings. The van der Waals surface area contributed by atoms with Gasteiger partial charge in [-0.15, -0.1) is 0 Å². The summed E-state index contributed by atoms with van der Waals surface area (Å²) in [5.41, 5.74) is 0. The van der Waals surface area contributed by atoms with E-state index in [1.165, 1.54) is 7.11 Å². The minimum Gasteiger partial charge on any atom is -0.373 e. The fraction of sp³-hybridized carbons (Fsp3) is 1.00. The summed E-state index contributed by atoms with van der Waals surface area (Å²) in [7, 11) is 1.50. The van der Waals surface area contributed by atoms with Gasteiger partial charge in [0.1, 0.15) is 0 Å². The van der Waals surface area contributed by atoms with Gasteiger partial charge in [-0.1, -0.05) is 0 Å². The minimum absolute atomic E-state index is 0.501.